The second-order valence-corrected chi connectivity index (χ2v) is 7.12. The monoisotopic (exact) mass is 384 g/mol. The molecular weight excluding hydrogens is 364 g/mol. The molecule has 0 unspecified atom stereocenters. The SMILES string of the molecule is O=C(O)c1ccc(/C=N\NC(=O)[C@@H]2CC2(c2ccccc2)c2ccccc2)cc1. The van der Waals surface area contributed by atoms with E-state index in [1.54, 1.807) is 12.1 Å². The molecule has 3 aromatic rings. The molecule has 1 saturated carbocycles. The predicted molar refractivity (Wildman–Crippen MR) is 111 cm³/mol. The molecule has 0 radical (unpaired) electrons. The van der Waals surface area contributed by atoms with Crippen molar-refractivity contribution in [2.75, 3.05) is 0 Å². The maximum absolute atomic E-state index is 12.8. The fourth-order valence-corrected chi connectivity index (χ4v) is 3.82. The number of hydrogen-bond donors (Lipinski definition) is 2. The normalized spacial score (nSPS) is 17.0. The van der Waals surface area contributed by atoms with Crippen LogP contribution in [0.1, 0.15) is 33.5 Å². The van der Waals surface area contributed by atoms with E-state index in [4.69, 9.17) is 5.11 Å². The number of carbonyl (C=O) groups is 2. The fourth-order valence-electron chi connectivity index (χ4n) is 3.82. The molecule has 4 rings (SSSR count). The van der Waals surface area contributed by atoms with E-state index in [0.29, 0.717) is 5.56 Å². The van der Waals surface area contributed by atoms with E-state index in [1.807, 2.05) is 36.4 Å². The summed E-state index contributed by atoms with van der Waals surface area (Å²) in [5.41, 5.74) is 5.48. The van der Waals surface area contributed by atoms with Gasteiger partial charge >= 0.3 is 5.97 Å². The lowest BCUT2D eigenvalue weighted by Gasteiger charge is -2.18. The summed E-state index contributed by atoms with van der Waals surface area (Å²) in [6.07, 6.45) is 2.24. The first-order valence-electron chi connectivity index (χ1n) is 9.38. The molecule has 0 bridgehead atoms. The summed E-state index contributed by atoms with van der Waals surface area (Å²) in [5.74, 6) is -1.30. The molecule has 3 aromatic carbocycles. The minimum Gasteiger partial charge on any atom is -0.478 e. The van der Waals surface area contributed by atoms with Crippen molar-refractivity contribution in [2.24, 2.45) is 11.0 Å². The zero-order chi connectivity index (χ0) is 20.3. The van der Waals surface area contributed by atoms with Crippen molar-refractivity contribution < 1.29 is 14.7 Å². The summed E-state index contributed by atoms with van der Waals surface area (Å²) in [5, 5.41) is 13.0. The first-order chi connectivity index (χ1) is 14.1. The first-order valence-corrected chi connectivity index (χ1v) is 9.38. The van der Waals surface area contributed by atoms with Gasteiger partial charge in [-0.1, -0.05) is 72.8 Å². The second-order valence-electron chi connectivity index (χ2n) is 7.12. The van der Waals surface area contributed by atoms with Gasteiger partial charge in [-0.05, 0) is 35.2 Å². The maximum atomic E-state index is 12.8. The van der Waals surface area contributed by atoms with Crippen LogP contribution < -0.4 is 5.43 Å². The molecular formula is C24H20N2O3. The molecule has 0 spiro atoms. The Morgan fingerprint density at radius 2 is 1.45 bits per heavy atom. The highest BCUT2D eigenvalue weighted by molar-refractivity contribution is 5.90. The number of carbonyl (C=O) groups excluding carboxylic acids is 1. The fraction of sp³-hybridized carbons (Fsp3) is 0.125. The van der Waals surface area contributed by atoms with E-state index in [-0.39, 0.29) is 22.8 Å². The molecule has 0 aromatic heterocycles. The molecule has 1 amide bonds. The lowest BCUT2D eigenvalue weighted by atomic mass is 9.85. The number of aromatic carboxylic acids is 1. The number of nitrogens with one attached hydrogen (secondary N) is 1. The Morgan fingerprint density at radius 1 is 0.897 bits per heavy atom. The number of carboxylic acids is 1. The average molecular weight is 384 g/mol. The van der Waals surface area contributed by atoms with Gasteiger partial charge in [0.25, 0.3) is 0 Å². The van der Waals surface area contributed by atoms with E-state index in [2.05, 4.69) is 34.8 Å². The minimum atomic E-state index is -0.978. The van der Waals surface area contributed by atoms with Crippen LogP contribution in [0.2, 0.25) is 0 Å². The van der Waals surface area contributed by atoms with Crippen LogP contribution in [0.3, 0.4) is 0 Å². The molecule has 1 aliphatic carbocycles. The van der Waals surface area contributed by atoms with Crippen LogP contribution in [-0.4, -0.2) is 23.2 Å². The lowest BCUT2D eigenvalue weighted by Crippen LogP contribution is -2.25. The largest absolute Gasteiger partial charge is 0.478 e. The molecule has 2 N–H and O–H groups in total. The molecule has 1 fully saturated rings. The Hall–Kier alpha value is -3.73. The van der Waals surface area contributed by atoms with Crippen LogP contribution in [0.4, 0.5) is 0 Å². The summed E-state index contributed by atoms with van der Waals surface area (Å²) >= 11 is 0. The number of amides is 1. The van der Waals surface area contributed by atoms with Gasteiger partial charge in [-0.25, -0.2) is 10.2 Å². The van der Waals surface area contributed by atoms with E-state index in [0.717, 1.165) is 17.5 Å². The Labute approximate surface area is 168 Å². The van der Waals surface area contributed by atoms with Crippen molar-refractivity contribution in [1.82, 2.24) is 5.43 Å². The summed E-state index contributed by atoms with van der Waals surface area (Å²) in [6, 6.07) is 26.5. The standard InChI is InChI=1S/C24H20N2O3/c27-22(26-25-16-17-11-13-18(14-12-17)23(28)29)21-15-24(21,19-7-3-1-4-8-19)20-9-5-2-6-10-20/h1-14,16,21H,15H2,(H,26,27)(H,28,29)/b25-16-/t21-/m0/s1. The third-order valence-electron chi connectivity index (χ3n) is 5.40. The molecule has 1 aliphatic rings. The van der Waals surface area contributed by atoms with Gasteiger partial charge in [0.1, 0.15) is 0 Å². The van der Waals surface area contributed by atoms with Crippen LogP contribution in [0.25, 0.3) is 0 Å². The van der Waals surface area contributed by atoms with Gasteiger partial charge in [-0.15, -0.1) is 0 Å². The van der Waals surface area contributed by atoms with E-state index < -0.39 is 5.97 Å². The van der Waals surface area contributed by atoms with Crippen molar-refractivity contribution in [1.29, 1.82) is 0 Å². The Bertz CT molecular complexity index is 1010. The van der Waals surface area contributed by atoms with Crippen LogP contribution in [0, 0.1) is 5.92 Å². The highest BCUT2D eigenvalue weighted by Gasteiger charge is 2.60. The van der Waals surface area contributed by atoms with E-state index >= 15 is 0 Å². The van der Waals surface area contributed by atoms with Gasteiger partial charge in [0, 0.05) is 5.41 Å². The van der Waals surface area contributed by atoms with Gasteiger partial charge in [-0.2, -0.15) is 5.10 Å². The van der Waals surface area contributed by atoms with Crippen LogP contribution in [0.5, 0.6) is 0 Å². The minimum absolute atomic E-state index is 0.129. The maximum Gasteiger partial charge on any atom is 0.335 e. The molecule has 29 heavy (non-hydrogen) atoms. The third-order valence-corrected chi connectivity index (χ3v) is 5.40. The Morgan fingerprint density at radius 3 is 1.97 bits per heavy atom. The number of carboxylic acid groups (broad SMARTS) is 1. The highest BCUT2D eigenvalue weighted by Crippen LogP contribution is 2.58. The molecule has 0 aliphatic heterocycles. The molecule has 1 atom stereocenters. The summed E-state index contributed by atoms with van der Waals surface area (Å²) < 4.78 is 0. The van der Waals surface area contributed by atoms with Crippen LogP contribution in [-0.2, 0) is 10.2 Å². The number of hydrogen-bond acceptors (Lipinski definition) is 3. The highest BCUT2D eigenvalue weighted by atomic mass is 16.4. The quantitative estimate of drug-likeness (QED) is 0.501. The number of hydrazone groups is 1. The summed E-state index contributed by atoms with van der Waals surface area (Å²) in [7, 11) is 0. The predicted octanol–water partition coefficient (Wildman–Crippen LogP) is 3.84. The van der Waals surface area contributed by atoms with Crippen molar-refractivity contribution in [3.63, 3.8) is 0 Å². The van der Waals surface area contributed by atoms with Gasteiger partial charge in [0.05, 0.1) is 17.7 Å². The van der Waals surface area contributed by atoms with Crippen molar-refractivity contribution in [3.05, 3.63) is 107 Å². The third kappa shape index (κ3) is 3.67. The first kappa shape index (κ1) is 18.6. The number of nitrogens with zero attached hydrogens (tertiary/aromatic N) is 1. The molecule has 144 valence electrons. The lowest BCUT2D eigenvalue weighted by molar-refractivity contribution is -0.122. The zero-order valence-electron chi connectivity index (χ0n) is 15.7. The molecule has 0 heterocycles. The summed E-state index contributed by atoms with van der Waals surface area (Å²) in [4.78, 5) is 23.7. The van der Waals surface area contributed by atoms with E-state index in [1.165, 1.54) is 18.3 Å². The zero-order valence-corrected chi connectivity index (χ0v) is 15.7. The van der Waals surface area contributed by atoms with Crippen LogP contribution >= 0.6 is 0 Å². The average Bonchev–Trinajstić information content (AvgIpc) is 3.52. The van der Waals surface area contributed by atoms with Crippen LogP contribution in [0.15, 0.2) is 90.0 Å². The molecule has 5 heteroatoms. The Balaban J connectivity index is 1.49. The number of benzene rings is 3. The molecule has 0 saturated heterocycles. The van der Waals surface area contributed by atoms with Crippen molar-refractivity contribution in [2.45, 2.75) is 11.8 Å². The summed E-state index contributed by atoms with van der Waals surface area (Å²) in [6.45, 7) is 0. The van der Waals surface area contributed by atoms with Crippen molar-refractivity contribution in [3.8, 4) is 0 Å². The molecule has 5 nitrogen and oxygen atoms in total. The van der Waals surface area contributed by atoms with Gasteiger partial charge in [0.15, 0.2) is 0 Å². The van der Waals surface area contributed by atoms with Gasteiger partial charge in [-0.3, -0.25) is 4.79 Å². The topological polar surface area (TPSA) is 78.8 Å². The van der Waals surface area contributed by atoms with Crippen molar-refractivity contribution >= 4 is 18.1 Å². The van der Waals surface area contributed by atoms with E-state index in [9.17, 15) is 9.59 Å². The van der Waals surface area contributed by atoms with Gasteiger partial charge in [0.2, 0.25) is 5.91 Å². The smallest absolute Gasteiger partial charge is 0.335 e. The van der Waals surface area contributed by atoms with Gasteiger partial charge < -0.3 is 5.11 Å². The number of rotatable bonds is 6. The Kier molecular flexibility index (Phi) is 4.96. The second kappa shape index (κ2) is 7.72.